The number of amides is 2. The molecule has 3 aromatic rings. The number of aromatic amines is 1. The van der Waals surface area contributed by atoms with Crippen molar-refractivity contribution >= 4 is 23.3 Å². The van der Waals surface area contributed by atoms with Gasteiger partial charge in [0, 0.05) is 54.4 Å². The van der Waals surface area contributed by atoms with E-state index >= 15 is 0 Å². The number of nitrogens with zero attached hydrogens (tertiary/aromatic N) is 2. The number of benzene rings is 1. The molecule has 1 aromatic carbocycles. The Morgan fingerprint density at radius 2 is 2.06 bits per heavy atom. The van der Waals surface area contributed by atoms with Crippen molar-refractivity contribution in [2.75, 3.05) is 18.5 Å². The van der Waals surface area contributed by atoms with E-state index in [2.05, 4.69) is 20.0 Å². The maximum Gasteiger partial charge on any atom is 0.422 e. The second kappa shape index (κ2) is 9.38. The van der Waals surface area contributed by atoms with Crippen LogP contribution in [0.25, 0.3) is 11.1 Å². The molecule has 0 aliphatic carbocycles. The van der Waals surface area contributed by atoms with Crippen LogP contribution in [0.15, 0.2) is 47.5 Å². The number of anilines is 1. The standard InChI is InChI=1S/C23H20ClF3N4O3/c1-13-6-17(15-2-3-21(29-9-15)34-12-23(25,26)27)18(24)8-19(13)30-22(33)31-5-4-14-7-20(32)28-10-16(14)11-31/h2-3,6-10H,4-5,11-12H2,1H3,(H,28,32)(H,30,33). The number of nitrogens with one attached hydrogen (secondary N) is 2. The first-order valence-corrected chi connectivity index (χ1v) is 10.7. The predicted molar refractivity (Wildman–Crippen MR) is 121 cm³/mol. The van der Waals surface area contributed by atoms with Gasteiger partial charge in [-0.2, -0.15) is 13.2 Å². The molecular weight excluding hydrogens is 473 g/mol. The zero-order valence-electron chi connectivity index (χ0n) is 18.0. The Hall–Kier alpha value is -3.53. The van der Waals surface area contributed by atoms with E-state index in [1.807, 2.05) is 0 Å². The van der Waals surface area contributed by atoms with E-state index in [9.17, 15) is 22.8 Å². The normalized spacial score (nSPS) is 13.4. The summed E-state index contributed by atoms with van der Waals surface area (Å²) in [5.41, 5.74) is 4.13. The molecule has 0 saturated heterocycles. The molecule has 0 bridgehead atoms. The average Bonchev–Trinajstić information content (AvgIpc) is 2.79. The van der Waals surface area contributed by atoms with Gasteiger partial charge < -0.3 is 19.9 Å². The summed E-state index contributed by atoms with van der Waals surface area (Å²) in [6.07, 6.45) is -0.861. The lowest BCUT2D eigenvalue weighted by molar-refractivity contribution is -0.154. The Kier molecular flexibility index (Phi) is 6.52. The molecule has 0 unspecified atom stereocenters. The monoisotopic (exact) mass is 492 g/mol. The van der Waals surface area contributed by atoms with Gasteiger partial charge in [-0.25, -0.2) is 9.78 Å². The van der Waals surface area contributed by atoms with Crippen molar-refractivity contribution in [3.63, 3.8) is 0 Å². The van der Waals surface area contributed by atoms with Crippen LogP contribution in [0.5, 0.6) is 5.88 Å². The fourth-order valence-corrected chi connectivity index (χ4v) is 3.92. The molecule has 11 heteroatoms. The molecule has 0 radical (unpaired) electrons. The van der Waals surface area contributed by atoms with Gasteiger partial charge in [0.15, 0.2) is 6.61 Å². The summed E-state index contributed by atoms with van der Waals surface area (Å²) in [5, 5.41) is 3.21. The Bertz CT molecular complexity index is 1280. The fraction of sp³-hybridized carbons (Fsp3) is 0.261. The van der Waals surface area contributed by atoms with Crippen LogP contribution < -0.4 is 15.6 Å². The topological polar surface area (TPSA) is 87.3 Å². The summed E-state index contributed by atoms with van der Waals surface area (Å²) < 4.78 is 41.5. The summed E-state index contributed by atoms with van der Waals surface area (Å²) in [4.78, 5) is 32.5. The SMILES string of the molecule is Cc1cc(-c2ccc(OCC(F)(F)F)nc2)c(Cl)cc1NC(=O)N1CCc2cc(=O)[nH]cc2C1. The maximum atomic E-state index is 12.8. The summed E-state index contributed by atoms with van der Waals surface area (Å²) >= 11 is 6.44. The number of halogens is 4. The van der Waals surface area contributed by atoms with Crippen LogP contribution in [0.4, 0.5) is 23.7 Å². The number of fused-ring (bicyclic) bond motifs is 1. The number of urea groups is 1. The van der Waals surface area contributed by atoms with Crippen LogP contribution in [0, 0.1) is 6.92 Å². The number of alkyl halides is 3. The van der Waals surface area contributed by atoms with Crippen molar-refractivity contribution in [1.29, 1.82) is 0 Å². The van der Waals surface area contributed by atoms with Gasteiger partial charge >= 0.3 is 12.2 Å². The number of ether oxygens (including phenoxy) is 1. The van der Waals surface area contributed by atoms with E-state index in [1.165, 1.54) is 12.3 Å². The molecule has 0 fully saturated rings. The van der Waals surface area contributed by atoms with E-state index < -0.39 is 12.8 Å². The minimum Gasteiger partial charge on any atom is -0.468 e. The largest absolute Gasteiger partial charge is 0.468 e. The highest BCUT2D eigenvalue weighted by molar-refractivity contribution is 6.33. The number of aromatic nitrogens is 2. The molecule has 178 valence electrons. The van der Waals surface area contributed by atoms with Gasteiger partial charge in [-0.3, -0.25) is 4.79 Å². The van der Waals surface area contributed by atoms with Crippen LogP contribution in [-0.2, 0) is 13.0 Å². The van der Waals surface area contributed by atoms with Crippen molar-refractivity contribution in [2.45, 2.75) is 26.1 Å². The highest BCUT2D eigenvalue weighted by Crippen LogP contribution is 2.33. The Balaban J connectivity index is 1.46. The van der Waals surface area contributed by atoms with Crippen molar-refractivity contribution < 1.29 is 22.7 Å². The molecule has 7 nitrogen and oxygen atoms in total. The first kappa shape index (κ1) is 23.6. The number of carbonyl (C=O) groups is 1. The first-order chi connectivity index (χ1) is 16.1. The van der Waals surface area contributed by atoms with E-state index in [0.717, 1.165) is 16.7 Å². The highest BCUT2D eigenvalue weighted by atomic mass is 35.5. The van der Waals surface area contributed by atoms with Crippen LogP contribution in [0.3, 0.4) is 0 Å². The number of rotatable bonds is 4. The van der Waals surface area contributed by atoms with Crippen molar-refractivity contribution in [3.05, 3.63) is 74.8 Å². The van der Waals surface area contributed by atoms with Crippen LogP contribution >= 0.6 is 11.6 Å². The second-order valence-electron chi connectivity index (χ2n) is 7.89. The summed E-state index contributed by atoms with van der Waals surface area (Å²) in [5.74, 6) is -0.148. The van der Waals surface area contributed by atoms with E-state index in [4.69, 9.17) is 11.6 Å². The zero-order valence-corrected chi connectivity index (χ0v) is 18.8. The van der Waals surface area contributed by atoms with E-state index in [0.29, 0.717) is 41.3 Å². The lowest BCUT2D eigenvalue weighted by Crippen LogP contribution is -2.39. The molecule has 4 rings (SSSR count). The molecule has 0 spiro atoms. The molecule has 1 aliphatic heterocycles. The number of aryl methyl sites for hydroxylation is 1. The van der Waals surface area contributed by atoms with Crippen LogP contribution in [-0.4, -0.2) is 40.2 Å². The average molecular weight is 493 g/mol. The van der Waals surface area contributed by atoms with Crippen LogP contribution in [0.1, 0.15) is 16.7 Å². The molecule has 34 heavy (non-hydrogen) atoms. The number of H-pyrrole nitrogens is 1. The molecular formula is C23H20ClF3N4O3. The smallest absolute Gasteiger partial charge is 0.422 e. The number of hydrogen-bond donors (Lipinski definition) is 2. The van der Waals surface area contributed by atoms with Gasteiger partial charge in [0.2, 0.25) is 11.4 Å². The van der Waals surface area contributed by atoms with Crippen molar-refractivity contribution in [1.82, 2.24) is 14.9 Å². The molecule has 2 amide bonds. The minimum atomic E-state index is -4.45. The summed E-state index contributed by atoms with van der Waals surface area (Å²) in [6.45, 7) is 1.23. The van der Waals surface area contributed by atoms with Gasteiger partial charge in [0.1, 0.15) is 0 Å². The fourth-order valence-electron chi connectivity index (χ4n) is 3.65. The van der Waals surface area contributed by atoms with E-state index in [-0.39, 0.29) is 17.5 Å². The minimum absolute atomic E-state index is 0.148. The molecule has 2 aromatic heterocycles. The maximum absolute atomic E-state index is 12.8. The van der Waals surface area contributed by atoms with Gasteiger partial charge in [-0.15, -0.1) is 0 Å². The quantitative estimate of drug-likeness (QED) is 0.540. The van der Waals surface area contributed by atoms with Crippen molar-refractivity contribution in [2.24, 2.45) is 0 Å². The van der Waals surface area contributed by atoms with Gasteiger partial charge in [-0.1, -0.05) is 11.6 Å². The van der Waals surface area contributed by atoms with Crippen LogP contribution in [0.2, 0.25) is 5.02 Å². The summed E-state index contributed by atoms with van der Waals surface area (Å²) in [6, 6.07) is 7.54. The summed E-state index contributed by atoms with van der Waals surface area (Å²) in [7, 11) is 0. The predicted octanol–water partition coefficient (Wildman–Crippen LogP) is 4.93. The molecule has 2 N–H and O–H groups in total. The second-order valence-corrected chi connectivity index (χ2v) is 8.29. The molecule has 0 saturated carbocycles. The first-order valence-electron chi connectivity index (χ1n) is 10.3. The Morgan fingerprint density at radius 3 is 2.76 bits per heavy atom. The number of hydrogen-bond acceptors (Lipinski definition) is 4. The van der Waals surface area contributed by atoms with Gasteiger partial charge in [-0.05, 0) is 48.2 Å². The number of carbonyl (C=O) groups excluding carboxylic acids is 1. The third kappa shape index (κ3) is 5.51. The lowest BCUT2D eigenvalue weighted by atomic mass is 10.0. The lowest BCUT2D eigenvalue weighted by Gasteiger charge is -2.29. The third-order valence-electron chi connectivity index (χ3n) is 5.39. The molecule has 3 heterocycles. The van der Waals surface area contributed by atoms with E-state index in [1.54, 1.807) is 42.3 Å². The van der Waals surface area contributed by atoms with Gasteiger partial charge in [0.25, 0.3) is 0 Å². The highest BCUT2D eigenvalue weighted by Gasteiger charge is 2.28. The Labute approximate surface area is 197 Å². The molecule has 0 atom stereocenters. The third-order valence-corrected chi connectivity index (χ3v) is 5.71. The zero-order chi connectivity index (χ0) is 24.5. The van der Waals surface area contributed by atoms with Crippen molar-refractivity contribution in [3.8, 4) is 17.0 Å². The number of pyridine rings is 2. The van der Waals surface area contributed by atoms with Gasteiger partial charge in [0.05, 0.1) is 5.02 Å². The molecule has 1 aliphatic rings. The Morgan fingerprint density at radius 1 is 1.26 bits per heavy atom.